The Morgan fingerprint density at radius 3 is 2.29 bits per heavy atom. The molecule has 0 bridgehead atoms. The Bertz CT molecular complexity index is 760. The van der Waals surface area contributed by atoms with Crippen LogP contribution in [0.25, 0.3) is 0 Å². The molecule has 24 heavy (non-hydrogen) atoms. The third-order valence-electron chi connectivity index (χ3n) is 4.14. The summed E-state index contributed by atoms with van der Waals surface area (Å²) in [7, 11) is -1.83. The third kappa shape index (κ3) is 4.03. The van der Waals surface area contributed by atoms with Crippen molar-refractivity contribution in [3.63, 3.8) is 0 Å². The molecule has 0 saturated heterocycles. The van der Waals surface area contributed by atoms with E-state index in [-0.39, 0.29) is 6.04 Å². The van der Waals surface area contributed by atoms with Gasteiger partial charge in [0.05, 0.1) is 10.6 Å². The lowest BCUT2D eigenvalue weighted by Crippen LogP contribution is -2.33. The molecular weight excluding hydrogens is 326 g/mol. The van der Waals surface area contributed by atoms with Gasteiger partial charge < -0.3 is 9.84 Å². The van der Waals surface area contributed by atoms with Gasteiger partial charge in [-0.2, -0.15) is 4.31 Å². The van der Waals surface area contributed by atoms with Crippen LogP contribution in [0.1, 0.15) is 36.4 Å². The van der Waals surface area contributed by atoms with Gasteiger partial charge in [-0.15, -0.1) is 0 Å². The van der Waals surface area contributed by atoms with Crippen LogP contribution < -0.4 is 5.32 Å². The Kier molecular flexibility index (Phi) is 5.79. The number of rotatable bonds is 7. The first kappa shape index (κ1) is 18.6. The molecule has 0 unspecified atom stereocenters. The smallest absolute Gasteiger partial charge is 0.243 e. The van der Waals surface area contributed by atoms with E-state index in [0.717, 1.165) is 22.6 Å². The number of benzene rings is 1. The largest absolute Gasteiger partial charge is 0.361 e. The Morgan fingerprint density at radius 1 is 1.17 bits per heavy atom. The zero-order valence-corrected chi connectivity index (χ0v) is 15.6. The van der Waals surface area contributed by atoms with Crippen molar-refractivity contribution in [1.82, 2.24) is 14.8 Å². The van der Waals surface area contributed by atoms with Gasteiger partial charge in [0, 0.05) is 31.7 Å². The number of hydrogen-bond donors (Lipinski definition) is 1. The van der Waals surface area contributed by atoms with Crippen LogP contribution in [0.2, 0.25) is 0 Å². The first-order valence-electron chi connectivity index (χ1n) is 7.93. The first-order valence-corrected chi connectivity index (χ1v) is 9.37. The molecule has 0 fully saturated rings. The quantitative estimate of drug-likeness (QED) is 0.830. The second-order valence-electron chi connectivity index (χ2n) is 6.17. The molecule has 0 aliphatic rings. The topological polar surface area (TPSA) is 75.4 Å². The standard InChI is InChI=1S/C17H25N3O3S/c1-12(2)20(5)24(21,22)16-8-6-15(7-9-16)10-18-11-17-13(3)19-23-14(17)4/h6-9,12,18H,10-11H2,1-5H3. The normalized spacial score (nSPS) is 12.3. The van der Waals surface area contributed by atoms with E-state index >= 15 is 0 Å². The van der Waals surface area contributed by atoms with Gasteiger partial charge in [0.15, 0.2) is 0 Å². The molecule has 1 heterocycles. The number of nitrogens with zero attached hydrogens (tertiary/aromatic N) is 2. The minimum absolute atomic E-state index is 0.0774. The number of sulfonamides is 1. The zero-order valence-electron chi connectivity index (χ0n) is 14.8. The maximum Gasteiger partial charge on any atom is 0.243 e. The van der Waals surface area contributed by atoms with E-state index in [0.29, 0.717) is 18.0 Å². The van der Waals surface area contributed by atoms with Crippen molar-refractivity contribution in [3.05, 3.63) is 46.8 Å². The van der Waals surface area contributed by atoms with Gasteiger partial charge in [0.2, 0.25) is 10.0 Å². The molecule has 1 N–H and O–H groups in total. The van der Waals surface area contributed by atoms with E-state index in [1.807, 2.05) is 39.8 Å². The second kappa shape index (κ2) is 7.46. The average Bonchev–Trinajstić information content (AvgIpc) is 2.86. The van der Waals surface area contributed by atoms with E-state index in [9.17, 15) is 8.42 Å². The highest BCUT2D eigenvalue weighted by molar-refractivity contribution is 7.89. The molecule has 6 nitrogen and oxygen atoms in total. The van der Waals surface area contributed by atoms with Gasteiger partial charge in [0.1, 0.15) is 5.76 Å². The summed E-state index contributed by atoms with van der Waals surface area (Å²) >= 11 is 0. The van der Waals surface area contributed by atoms with Gasteiger partial charge in [-0.05, 0) is 45.4 Å². The molecular formula is C17H25N3O3S. The summed E-state index contributed by atoms with van der Waals surface area (Å²) in [5, 5.41) is 7.25. The molecule has 2 rings (SSSR count). The number of nitrogens with one attached hydrogen (secondary N) is 1. The number of aryl methyl sites for hydroxylation is 2. The van der Waals surface area contributed by atoms with Crippen LogP contribution in [0.15, 0.2) is 33.7 Å². The van der Waals surface area contributed by atoms with Gasteiger partial charge in [0.25, 0.3) is 0 Å². The lowest BCUT2D eigenvalue weighted by Gasteiger charge is -2.21. The molecule has 0 spiro atoms. The summed E-state index contributed by atoms with van der Waals surface area (Å²) in [6.07, 6.45) is 0. The molecule has 0 aliphatic heterocycles. The summed E-state index contributed by atoms with van der Waals surface area (Å²) < 4.78 is 31.3. The van der Waals surface area contributed by atoms with Crippen molar-refractivity contribution in [2.24, 2.45) is 0 Å². The predicted molar refractivity (Wildman–Crippen MR) is 93.0 cm³/mol. The van der Waals surface area contributed by atoms with Crippen molar-refractivity contribution < 1.29 is 12.9 Å². The average molecular weight is 351 g/mol. The van der Waals surface area contributed by atoms with Crippen molar-refractivity contribution in [2.45, 2.75) is 51.7 Å². The zero-order chi connectivity index (χ0) is 17.9. The number of hydrogen-bond acceptors (Lipinski definition) is 5. The van der Waals surface area contributed by atoms with Crippen LogP contribution in [0.5, 0.6) is 0 Å². The lowest BCUT2D eigenvalue weighted by atomic mass is 10.2. The van der Waals surface area contributed by atoms with Crippen molar-refractivity contribution in [1.29, 1.82) is 0 Å². The second-order valence-corrected chi connectivity index (χ2v) is 8.16. The maximum atomic E-state index is 12.4. The Morgan fingerprint density at radius 2 is 1.79 bits per heavy atom. The summed E-state index contributed by atoms with van der Waals surface area (Å²) in [5.41, 5.74) is 2.97. The molecule has 0 amide bonds. The number of aromatic nitrogens is 1. The SMILES string of the molecule is Cc1noc(C)c1CNCc1ccc(S(=O)(=O)N(C)C(C)C)cc1. The Hall–Kier alpha value is -1.70. The van der Waals surface area contributed by atoms with Gasteiger partial charge in [-0.3, -0.25) is 0 Å². The molecule has 0 aliphatic carbocycles. The van der Waals surface area contributed by atoms with Gasteiger partial charge in [-0.25, -0.2) is 8.42 Å². The lowest BCUT2D eigenvalue weighted by molar-refractivity contribution is 0.392. The minimum Gasteiger partial charge on any atom is -0.361 e. The van der Waals surface area contributed by atoms with Crippen LogP contribution in [0.3, 0.4) is 0 Å². The minimum atomic E-state index is -3.43. The predicted octanol–water partition coefficient (Wildman–Crippen LogP) is 2.61. The first-order chi connectivity index (χ1) is 11.2. The molecule has 1 aromatic carbocycles. The summed E-state index contributed by atoms with van der Waals surface area (Å²) in [6, 6.07) is 6.90. The molecule has 0 atom stereocenters. The molecule has 2 aromatic rings. The highest BCUT2D eigenvalue weighted by Gasteiger charge is 2.22. The van der Waals surface area contributed by atoms with Gasteiger partial charge >= 0.3 is 0 Å². The molecule has 0 saturated carbocycles. The van der Waals surface area contributed by atoms with E-state index in [1.54, 1.807) is 19.2 Å². The van der Waals surface area contributed by atoms with Crippen LogP contribution in [-0.2, 0) is 23.1 Å². The summed E-state index contributed by atoms with van der Waals surface area (Å²) in [6.45, 7) is 8.82. The highest BCUT2D eigenvalue weighted by Crippen LogP contribution is 2.17. The highest BCUT2D eigenvalue weighted by atomic mass is 32.2. The van der Waals surface area contributed by atoms with Crippen LogP contribution in [-0.4, -0.2) is 31.0 Å². The van der Waals surface area contributed by atoms with Crippen molar-refractivity contribution >= 4 is 10.0 Å². The molecule has 0 radical (unpaired) electrons. The Balaban J connectivity index is 2.00. The van der Waals surface area contributed by atoms with Crippen molar-refractivity contribution in [3.8, 4) is 0 Å². The van der Waals surface area contributed by atoms with E-state index in [1.165, 1.54) is 4.31 Å². The summed E-state index contributed by atoms with van der Waals surface area (Å²) in [4.78, 5) is 0.313. The molecule has 7 heteroatoms. The third-order valence-corrected chi connectivity index (χ3v) is 6.19. The van der Waals surface area contributed by atoms with Crippen molar-refractivity contribution in [2.75, 3.05) is 7.05 Å². The van der Waals surface area contributed by atoms with Gasteiger partial charge in [-0.1, -0.05) is 17.3 Å². The molecule has 132 valence electrons. The summed E-state index contributed by atoms with van der Waals surface area (Å²) in [5.74, 6) is 0.818. The fraction of sp³-hybridized carbons (Fsp3) is 0.471. The molecule has 1 aromatic heterocycles. The maximum absolute atomic E-state index is 12.4. The fourth-order valence-electron chi connectivity index (χ4n) is 2.31. The van der Waals surface area contributed by atoms with Crippen LogP contribution >= 0.6 is 0 Å². The fourth-order valence-corrected chi connectivity index (χ4v) is 3.68. The van der Waals surface area contributed by atoms with E-state index in [2.05, 4.69) is 10.5 Å². The van der Waals surface area contributed by atoms with Crippen LogP contribution in [0, 0.1) is 13.8 Å². The van der Waals surface area contributed by atoms with E-state index in [4.69, 9.17) is 4.52 Å². The van der Waals surface area contributed by atoms with E-state index < -0.39 is 10.0 Å². The Labute approximate surface area is 143 Å². The monoisotopic (exact) mass is 351 g/mol. The van der Waals surface area contributed by atoms with Crippen LogP contribution in [0.4, 0.5) is 0 Å².